The summed E-state index contributed by atoms with van der Waals surface area (Å²) in [5.74, 6) is 0.382. The Morgan fingerprint density at radius 3 is 2.64 bits per heavy atom. The van der Waals surface area contributed by atoms with E-state index in [-0.39, 0.29) is 0 Å². The summed E-state index contributed by atoms with van der Waals surface area (Å²) < 4.78 is 0. The molecule has 1 N–H and O–H groups in total. The van der Waals surface area contributed by atoms with Crippen molar-refractivity contribution in [1.82, 2.24) is 10.2 Å². The third-order valence-electron chi connectivity index (χ3n) is 2.68. The highest BCUT2D eigenvalue weighted by Crippen LogP contribution is 2.08. The van der Waals surface area contributed by atoms with Crippen LogP contribution < -0.4 is 5.32 Å². The highest BCUT2D eigenvalue weighted by Gasteiger charge is 2.12. The summed E-state index contributed by atoms with van der Waals surface area (Å²) in [6.45, 7) is 6.76. The Bertz CT molecular complexity index is 165. The van der Waals surface area contributed by atoms with Crippen LogP contribution in [0.4, 0.5) is 0 Å². The van der Waals surface area contributed by atoms with Gasteiger partial charge in [-0.25, -0.2) is 0 Å². The number of hydrogen-bond acceptors (Lipinski definition) is 3. The van der Waals surface area contributed by atoms with Crippen LogP contribution in [0.3, 0.4) is 0 Å². The Balaban J connectivity index is 2.06. The third-order valence-corrected chi connectivity index (χ3v) is 2.68. The van der Waals surface area contributed by atoms with Crippen molar-refractivity contribution in [3.8, 4) is 0 Å². The van der Waals surface area contributed by atoms with Gasteiger partial charge >= 0.3 is 0 Å². The summed E-state index contributed by atoms with van der Waals surface area (Å²) in [5.41, 5.74) is 0. The van der Waals surface area contributed by atoms with Gasteiger partial charge in [-0.05, 0) is 32.5 Å². The Morgan fingerprint density at radius 1 is 1.29 bits per heavy atom. The van der Waals surface area contributed by atoms with Gasteiger partial charge < -0.3 is 5.32 Å². The fourth-order valence-corrected chi connectivity index (χ4v) is 1.85. The summed E-state index contributed by atoms with van der Waals surface area (Å²) in [4.78, 5) is 13.8. The van der Waals surface area contributed by atoms with Crippen molar-refractivity contribution in [2.75, 3.05) is 32.7 Å². The first kappa shape index (κ1) is 11.7. The molecule has 0 spiro atoms. The molecular formula is C11H22N2O. The van der Waals surface area contributed by atoms with Crippen molar-refractivity contribution in [3.05, 3.63) is 0 Å². The zero-order chi connectivity index (χ0) is 10.2. The van der Waals surface area contributed by atoms with Gasteiger partial charge in [-0.15, -0.1) is 0 Å². The van der Waals surface area contributed by atoms with Crippen LogP contribution in [0.15, 0.2) is 0 Å². The molecule has 82 valence electrons. The van der Waals surface area contributed by atoms with Gasteiger partial charge in [0.25, 0.3) is 0 Å². The van der Waals surface area contributed by atoms with Crippen LogP contribution in [-0.4, -0.2) is 43.4 Å². The summed E-state index contributed by atoms with van der Waals surface area (Å²) in [6.07, 6.45) is 4.55. The molecular weight excluding hydrogens is 176 g/mol. The van der Waals surface area contributed by atoms with Crippen molar-refractivity contribution >= 4 is 5.78 Å². The second-order valence-electron chi connectivity index (χ2n) is 3.98. The smallest absolute Gasteiger partial charge is 0.148 e. The average molecular weight is 198 g/mol. The second kappa shape index (κ2) is 6.96. The van der Waals surface area contributed by atoms with Crippen LogP contribution in [-0.2, 0) is 4.79 Å². The van der Waals surface area contributed by atoms with E-state index in [2.05, 4.69) is 17.1 Å². The number of likely N-dealkylation sites (tertiary alicyclic amines) is 1. The minimum absolute atomic E-state index is 0.382. The monoisotopic (exact) mass is 198 g/mol. The largest absolute Gasteiger partial charge is 0.317 e. The molecule has 1 rings (SSSR count). The van der Waals surface area contributed by atoms with Gasteiger partial charge in [0.2, 0.25) is 0 Å². The van der Waals surface area contributed by atoms with Gasteiger partial charge in [0.05, 0.1) is 6.54 Å². The van der Waals surface area contributed by atoms with Crippen molar-refractivity contribution < 1.29 is 4.79 Å². The summed E-state index contributed by atoms with van der Waals surface area (Å²) >= 11 is 0. The van der Waals surface area contributed by atoms with Crippen LogP contribution in [0.25, 0.3) is 0 Å². The van der Waals surface area contributed by atoms with Crippen LogP contribution in [0.5, 0.6) is 0 Å². The standard InChI is InChI=1S/C11H22N2O/c1-2-12-7-6-11(14)10-13-8-4-3-5-9-13/h12H,2-10H2,1H3. The average Bonchev–Trinajstić information content (AvgIpc) is 2.20. The molecule has 0 bridgehead atoms. The molecule has 1 saturated heterocycles. The van der Waals surface area contributed by atoms with E-state index < -0.39 is 0 Å². The quantitative estimate of drug-likeness (QED) is 0.647. The van der Waals surface area contributed by atoms with Crippen molar-refractivity contribution in [2.45, 2.75) is 32.6 Å². The number of nitrogens with zero attached hydrogens (tertiary/aromatic N) is 1. The number of piperidine rings is 1. The van der Waals surface area contributed by atoms with Gasteiger partial charge in [0.1, 0.15) is 5.78 Å². The number of carbonyl (C=O) groups is 1. The molecule has 0 aromatic heterocycles. The number of rotatable bonds is 6. The molecule has 0 aliphatic carbocycles. The first-order valence-corrected chi connectivity index (χ1v) is 5.77. The first-order valence-electron chi connectivity index (χ1n) is 5.77. The lowest BCUT2D eigenvalue weighted by Crippen LogP contribution is -2.35. The van der Waals surface area contributed by atoms with E-state index in [0.717, 1.165) is 26.2 Å². The molecule has 1 fully saturated rings. The van der Waals surface area contributed by atoms with E-state index in [9.17, 15) is 4.79 Å². The van der Waals surface area contributed by atoms with E-state index in [0.29, 0.717) is 18.7 Å². The van der Waals surface area contributed by atoms with Crippen LogP contribution in [0.1, 0.15) is 32.6 Å². The Morgan fingerprint density at radius 2 is 2.00 bits per heavy atom. The van der Waals surface area contributed by atoms with Crippen molar-refractivity contribution in [3.63, 3.8) is 0 Å². The number of ketones is 1. The maximum absolute atomic E-state index is 11.5. The van der Waals surface area contributed by atoms with E-state index in [1.165, 1.54) is 19.3 Å². The lowest BCUT2D eigenvalue weighted by atomic mass is 10.1. The predicted molar refractivity (Wildman–Crippen MR) is 58.5 cm³/mol. The van der Waals surface area contributed by atoms with Gasteiger partial charge in [0.15, 0.2) is 0 Å². The molecule has 0 aromatic rings. The zero-order valence-corrected chi connectivity index (χ0v) is 9.22. The summed E-state index contributed by atoms with van der Waals surface area (Å²) in [5, 5.41) is 3.18. The Hall–Kier alpha value is -0.410. The van der Waals surface area contributed by atoms with Crippen LogP contribution in [0, 0.1) is 0 Å². The normalized spacial score (nSPS) is 18.4. The van der Waals surface area contributed by atoms with E-state index >= 15 is 0 Å². The molecule has 1 aliphatic heterocycles. The molecule has 0 amide bonds. The predicted octanol–water partition coefficient (Wildman–Crippen LogP) is 1.04. The summed E-state index contributed by atoms with van der Waals surface area (Å²) in [7, 11) is 0. The summed E-state index contributed by atoms with van der Waals surface area (Å²) in [6, 6.07) is 0. The molecule has 14 heavy (non-hydrogen) atoms. The molecule has 1 heterocycles. The van der Waals surface area contributed by atoms with Crippen LogP contribution >= 0.6 is 0 Å². The minimum atomic E-state index is 0.382. The molecule has 0 unspecified atom stereocenters. The Labute approximate surface area is 86.9 Å². The number of carbonyl (C=O) groups excluding carboxylic acids is 1. The fourth-order valence-electron chi connectivity index (χ4n) is 1.85. The lowest BCUT2D eigenvalue weighted by Gasteiger charge is -2.25. The van der Waals surface area contributed by atoms with Crippen molar-refractivity contribution in [2.24, 2.45) is 0 Å². The van der Waals surface area contributed by atoms with Gasteiger partial charge in [-0.2, -0.15) is 0 Å². The number of nitrogens with one attached hydrogen (secondary N) is 1. The van der Waals surface area contributed by atoms with Gasteiger partial charge in [-0.3, -0.25) is 9.69 Å². The minimum Gasteiger partial charge on any atom is -0.317 e. The number of Topliss-reactive ketones (excluding diaryl/α,β-unsaturated/α-hetero) is 1. The molecule has 3 nitrogen and oxygen atoms in total. The number of hydrogen-bond donors (Lipinski definition) is 1. The second-order valence-corrected chi connectivity index (χ2v) is 3.98. The maximum atomic E-state index is 11.5. The highest BCUT2D eigenvalue weighted by atomic mass is 16.1. The third kappa shape index (κ3) is 4.72. The molecule has 0 aromatic carbocycles. The van der Waals surface area contributed by atoms with Crippen molar-refractivity contribution in [1.29, 1.82) is 0 Å². The molecule has 3 heteroatoms. The first-order chi connectivity index (χ1) is 6.83. The van der Waals surface area contributed by atoms with E-state index in [1.807, 2.05) is 0 Å². The molecule has 0 radical (unpaired) electrons. The van der Waals surface area contributed by atoms with Crippen LogP contribution in [0.2, 0.25) is 0 Å². The fraction of sp³-hybridized carbons (Fsp3) is 0.909. The van der Waals surface area contributed by atoms with Gasteiger partial charge in [-0.1, -0.05) is 13.3 Å². The van der Waals surface area contributed by atoms with E-state index in [4.69, 9.17) is 0 Å². The lowest BCUT2D eigenvalue weighted by molar-refractivity contribution is -0.120. The van der Waals surface area contributed by atoms with Gasteiger partial charge in [0, 0.05) is 13.0 Å². The SMILES string of the molecule is CCNCCC(=O)CN1CCCCC1. The topological polar surface area (TPSA) is 32.3 Å². The Kier molecular flexibility index (Phi) is 5.80. The highest BCUT2D eigenvalue weighted by molar-refractivity contribution is 5.80. The molecule has 0 saturated carbocycles. The molecule has 0 atom stereocenters. The zero-order valence-electron chi connectivity index (χ0n) is 9.22. The molecule has 1 aliphatic rings. The van der Waals surface area contributed by atoms with E-state index in [1.54, 1.807) is 0 Å². The maximum Gasteiger partial charge on any atom is 0.148 e.